The highest BCUT2D eigenvalue weighted by Gasteiger charge is 2.37. The Morgan fingerprint density at radius 1 is 1.23 bits per heavy atom. The molecule has 2 aromatic rings. The van der Waals surface area contributed by atoms with Gasteiger partial charge in [0, 0.05) is 24.9 Å². The summed E-state index contributed by atoms with van der Waals surface area (Å²) in [7, 11) is 2.84. The third-order valence-corrected chi connectivity index (χ3v) is 7.22. The average molecular weight is 503 g/mol. The number of esters is 1. The molecule has 10 heteroatoms. The number of hydrogen-bond acceptors (Lipinski definition) is 5. The molecule has 1 aliphatic carbocycles. The Balaban J connectivity index is 1.51. The number of halogens is 1. The van der Waals surface area contributed by atoms with Crippen molar-refractivity contribution in [1.29, 1.82) is 0 Å². The summed E-state index contributed by atoms with van der Waals surface area (Å²) in [6.07, 6.45) is 4.09. The Morgan fingerprint density at radius 3 is 2.66 bits per heavy atom. The number of carbonyl (C=O) groups excluding carboxylic acids is 4. The number of methoxy groups -OCH3 is 1. The summed E-state index contributed by atoms with van der Waals surface area (Å²) < 4.78 is 4.90. The number of nitrogens with zero attached hydrogens (tertiary/aromatic N) is 1. The molecule has 2 fully saturated rings. The van der Waals surface area contributed by atoms with Crippen LogP contribution in [0, 0.1) is 11.8 Å². The van der Waals surface area contributed by atoms with E-state index in [-0.39, 0.29) is 24.2 Å². The van der Waals surface area contributed by atoms with Crippen LogP contribution in [0.2, 0.25) is 5.02 Å². The lowest BCUT2D eigenvalue weighted by Crippen LogP contribution is -2.53. The van der Waals surface area contributed by atoms with E-state index in [9.17, 15) is 19.2 Å². The second-order valence-electron chi connectivity index (χ2n) is 9.45. The Kier molecular flexibility index (Phi) is 7.64. The van der Waals surface area contributed by atoms with Crippen LogP contribution in [0.3, 0.4) is 0 Å². The van der Waals surface area contributed by atoms with Crippen molar-refractivity contribution in [3.63, 3.8) is 0 Å². The van der Waals surface area contributed by atoms with Gasteiger partial charge >= 0.3 is 5.97 Å². The van der Waals surface area contributed by atoms with Gasteiger partial charge in [0.2, 0.25) is 11.8 Å². The minimum atomic E-state index is -0.974. The number of benzene rings is 1. The van der Waals surface area contributed by atoms with Crippen molar-refractivity contribution in [1.82, 2.24) is 20.5 Å². The summed E-state index contributed by atoms with van der Waals surface area (Å²) in [5, 5.41) is 6.88. The summed E-state index contributed by atoms with van der Waals surface area (Å²) in [5.74, 6) is -1.56. The second-order valence-corrected chi connectivity index (χ2v) is 9.86. The van der Waals surface area contributed by atoms with Crippen molar-refractivity contribution >= 4 is 46.2 Å². The van der Waals surface area contributed by atoms with Gasteiger partial charge in [0.05, 0.1) is 17.6 Å². The third-order valence-electron chi connectivity index (χ3n) is 6.90. The zero-order valence-electron chi connectivity index (χ0n) is 19.9. The molecule has 0 radical (unpaired) electrons. The van der Waals surface area contributed by atoms with Gasteiger partial charge in [-0.25, -0.2) is 4.79 Å². The van der Waals surface area contributed by atoms with Gasteiger partial charge in [-0.2, -0.15) is 0 Å². The van der Waals surface area contributed by atoms with Crippen LogP contribution in [0.25, 0.3) is 10.9 Å². The number of piperidine rings is 1. The molecule has 35 heavy (non-hydrogen) atoms. The summed E-state index contributed by atoms with van der Waals surface area (Å²) in [5.41, 5.74) is 0.984. The number of carbonyl (C=O) groups is 4. The first-order valence-corrected chi connectivity index (χ1v) is 12.4. The fourth-order valence-corrected chi connectivity index (χ4v) is 4.87. The number of ether oxygens (including phenoxy) is 1. The van der Waals surface area contributed by atoms with Crippen molar-refractivity contribution in [3.05, 3.63) is 35.0 Å². The maximum Gasteiger partial charge on any atom is 0.328 e. The molecule has 0 spiro atoms. The molecule has 3 atom stereocenters. The summed E-state index contributed by atoms with van der Waals surface area (Å²) in [4.78, 5) is 55.9. The van der Waals surface area contributed by atoms with Gasteiger partial charge in [-0.05, 0) is 43.7 Å². The molecule has 1 aliphatic heterocycles. The molecule has 2 heterocycles. The molecule has 1 saturated heterocycles. The monoisotopic (exact) mass is 502 g/mol. The third kappa shape index (κ3) is 5.78. The van der Waals surface area contributed by atoms with Gasteiger partial charge in [0.25, 0.3) is 5.91 Å². The molecular weight excluding hydrogens is 472 g/mol. The van der Waals surface area contributed by atoms with E-state index in [2.05, 4.69) is 15.6 Å². The zero-order chi connectivity index (χ0) is 25.1. The van der Waals surface area contributed by atoms with Crippen LogP contribution < -0.4 is 10.6 Å². The van der Waals surface area contributed by atoms with Gasteiger partial charge < -0.3 is 25.3 Å². The Labute approximate surface area is 208 Å². The predicted octanol–water partition coefficient (Wildman–Crippen LogP) is 2.64. The molecule has 0 unspecified atom stereocenters. The van der Waals surface area contributed by atoms with Crippen LogP contribution in [0.5, 0.6) is 0 Å². The molecular formula is C25H31ClN4O5. The predicted molar refractivity (Wildman–Crippen MR) is 131 cm³/mol. The summed E-state index contributed by atoms with van der Waals surface area (Å²) in [6, 6.07) is 5.36. The van der Waals surface area contributed by atoms with E-state index in [0.29, 0.717) is 41.5 Å². The number of hydrogen-bond donors (Lipinski definition) is 3. The SMILES string of the molecule is COC(=O)[C@H](C[C@@H]1CCCNC1=O)NC(=O)[C@H](CC1CC1)N(C)C(=O)c1cc2cccc(Cl)c2[nH]1. The molecule has 1 aromatic carbocycles. The van der Waals surface area contributed by atoms with Crippen molar-refractivity contribution < 1.29 is 23.9 Å². The number of likely N-dealkylation sites (N-methyl/N-ethyl adjacent to an activating group) is 1. The van der Waals surface area contributed by atoms with Crippen molar-refractivity contribution in [2.45, 2.75) is 50.6 Å². The van der Waals surface area contributed by atoms with Crippen molar-refractivity contribution in [2.75, 3.05) is 20.7 Å². The highest BCUT2D eigenvalue weighted by molar-refractivity contribution is 6.35. The van der Waals surface area contributed by atoms with E-state index in [1.54, 1.807) is 25.2 Å². The average Bonchev–Trinajstić information content (AvgIpc) is 3.57. The number of aromatic amines is 1. The van der Waals surface area contributed by atoms with Crippen LogP contribution in [-0.2, 0) is 19.1 Å². The fraction of sp³-hybridized carbons (Fsp3) is 0.520. The minimum absolute atomic E-state index is 0.126. The first-order chi connectivity index (χ1) is 16.8. The summed E-state index contributed by atoms with van der Waals surface area (Å²) >= 11 is 6.24. The molecule has 0 bridgehead atoms. The zero-order valence-corrected chi connectivity index (χ0v) is 20.7. The van der Waals surface area contributed by atoms with Crippen LogP contribution in [0.1, 0.15) is 49.0 Å². The lowest BCUT2D eigenvalue weighted by molar-refractivity contribution is -0.146. The van der Waals surface area contributed by atoms with E-state index in [1.165, 1.54) is 12.0 Å². The molecule has 3 amide bonds. The Hall–Kier alpha value is -3.07. The van der Waals surface area contributed by atoms with E-state index in [1.807, 2.05) is 6.07 Å². The Bertz CT molecular complexity index is 1130. The van der Waals surface area contributed by atoms with Gasteiger partial charge in [-0.1, -0.05) is 36.6 Å². The van der Waals surface area contributed by atoms with E-state index < -0.39 is 24.0 Å². The number of amides is 3. The molecule has 9 nitrogen and oxygen atoms in total. The number of aromatic nitrogens is 1. The quantitative estimate of drug-likeness (QED) is 0.455. The summed E-state index contributed by atoms with van der Waals surface area (Å²) in [6.45, 7) is 0.611. The number of fused-ring (bicyclic) bond motifs is 1. The topological polar surface area (TPSA) is 121 Å². The van der Waals surface area contributed by atoms with Gasteiger partial charge in [-0.15, -0.1) is 0 Å². The molecule has 2 aliphatic rings. The normalized spacial score (nSPS) is 19.5. The van der Waals surface area contributed by atoms with Gasteiger partial charge in [0.15, 0.2) is 0 Å². The second kappa shape index (κ2) is 10.7. The van der Waals surface area contributed by atoms with Crippen molar-refractivity contribution in [2.24, 2.45) is 11.8 Å². The lowest BCUT2D eigenvalue weighted by atomic mass is 9.91. The minimum Gasteiger partial charge on any atom is -0.467 e. The molecule has 1 saturated carbocycles. The molecule has 4 rings (SSSR count). The number of rotatable bonds is 9. The van der Waals surface area contributed by atoms with Crippen LogP contribution in [0.4, 0.5) is 0 Å². The largest absolute Gasteiger partial charge is 0.467 e. The maximum absolute atomic E-state index is 13.4. The molecule has 3 N–H and O–H groups in total. The van der Waals surface area contributed by atoms with Crippen LogP contribution in [0.15, 0.2) is 24.3 Å². The number of H-pyrrole nitrogens is 1. The number of para-hydroxylation sites is 1. The van der Waals surface area contributed by atoms with Crippen LogP contribution in [-0.4, -0.2) is 66.4 Å². The first-order valence-electron chi connectivity index (χ1n) is 12.0. The van der Waals surface area contributed by atoms with Crippen LogP contribution >= 0.6 is 11.6 Å². The molecule has 1 aromatic heterocycles. The first kappa shape index (κ1) is 25.0. The van der Waals surface area contributed by atoms with Gasteiger partial charge in [0.1, 0.15) is 17.8 Å². The van der Waals surface area contributed by atoms with Gasteiger partial charge in [-0.3, -0.25) is 14.4 Å². The highest BCUT2D eigenvalue weighted by atomic mass is 35.5. The van der Waals surface area contributed by atoms with Crippen molar-refractivity contribution in [3.8, 4) is 0 Å². The highest BCUT2D eigenvalue weighted by Crippen LogP contribution is 2.35. The van der Waals surface area contributed by atoms with E-state index >= 15 is 0 Å². The smallest absolute Gasteiger partial charge is 0.328 e. The van der Waals surface area contributed by atoms with E-state index in [4.69, 9.17) is 16.3 Å². The molecule has 188 valence electrons. The maximum atomic E-state index is 13.4. The fourth-order valence-electron chi connectivity index (χ4n) is 4.65. The number of nitrogens with one attached hydrogen (secondary N) is 3. The van der Waals surface area contributed by atoms with E-state index in [0.717, 1.165) is 24.6 Å². The standard InChI is InChI=1S/C25H31ClN4O5/c1-30(24(33)18-12-15-5-3-7-17(26)21(15)28-18)20(11-14-8-9-14)23(32)29-19(25(34)35-2)13-16-6-4-10-27-22(16)31/h3,5,7,12,14,16,19-20,28H,4,6,8-11,13H2,1-2H3,(H,27,31)(H,29,32)/t16-,19-,20-/m0/s1. The lowest BCUT2D eigenvalue weighted by Gasteiger charge is -2.30. The Morgan fingerprint density at radius 2 is 2.00 bits per heavy atom.